The second kappa shape index (κ2) is 4.10. The van der Waals surface area contributed by atoms with Crippen LogP contribution in [0.1, 0.15) is 24.4 Å². The number of imidazole rings is 1. The third kappa shape index (κ3) is 1.67. The lowest BCUT2D eigenvalue weighted by Crippen LogP contribution is -2.06. The van der Waals surface area contributed by atoms with Crippen molar-refractivity contribution in [3.05, 3.63) is 46.8 Å². The summed E-state index contributed by atoms with van der Waals surface area (Å²) in [6, 6.07) is 7.81. The quantitative estimate of drug-likeness (QED) is 0.715. The van der Waals surface area contributed by atoms with Gasteiger partial charge in [-0.15, -0.1) is 0 Å². The largest absolute Gasteiger partial charge is 0.467 e. The Morgan fingerprint density at radius 2 is 2.22 bits per heavy atom. The third-order valence-corrected chi connectivity index (χ3v) is 3.34. The van der Waals surface area contributed by atoms with Gasteiger partial charge < -0.3 is 9.40 Å². The molecule has 3 aromatic rings. The van der Waals surface area contributed by atoms with Crippen molar-refractivity contribution in [3.8, 4) is 0 Å². The van der Waals surface area contributed by atoms with Crippen molar-refractivity contribution in [2.24, 2.45) is 0 Å². The first-order chi connectivity index (χ1) is 8.66. The summed E-state index contributed by atoms with van der Waals surface area (Å²) in [5.41, 5.74) is 2.78. The number of H-pyrrole nitrogens is 1. The molecule has 18 heavy (non-hydrogen) atoms. The molecular formula is C13H13N3OS. The lowest BCUT2D eigenvalue weighted by molar-refractivity contribution is 0.448. The second-order valence-corrected chi connectivity index (χ2v) is 4.70. The van der Waals surface area contributed by atoms with Crippen LogP contribution in [0.4, 0.5) is 0 Å². The highest BCUT2D eigenvalue weighted by molar-refractivity contribution is 7.71. The number of aromatic nitrogens is 3. The molecule has 3 rings (SSSR count). The first-order valence-corrected chi connectivity index (χ1v) is 6.19. The predicted octanol–water partition coefficient (Wildman–Crippen LogP) is 3.60. The molecule has 0 aliphatic carbocycles. The summed E-state index contributed by atoms with van der Waals surface area (Å²) in [6.07, 6.45) is 1.67. The van der Waals surface area contributed by atoms with Crippen LogP contribution in [0.25, 0.3) is 11.2 Å². The number of aryl methyl sites for hydroxylation is 1. The van der Waals surface area contributed by atoms with Crippen LogP contribution >= 0.6 is 12.2 Å². The van der Waals surface area contributed by atoms with Gasteiger partial charge in [0.2, 0.25) is 0 Å². The first-order valence-electron chi connectivity index (χ1n) is 5.78. The van der Waals surface area contributed by atoms with Crippen molar-refractivity contribution in [2.75, 3.05) is 0 Å². The molecule has 0 saturated heterocycles. The van der Waals surface area contributed by atoms with E-state index in [-0.39, 0.29) is 6.04 Å². The highest BCUT2D eigenvalue weighted by atomic mass is 32.1. The molecule has 0 aliphatic heterocycles. The second-order valence-electron chi connectivity index (χ2n) is 4.32. The minimum Gasteiger partial charge on any atom is -0.467 e. The van der Waals surface area contributed by atoms with Crippen LogP contribution in [0.5, 0.6) is 0 Å². The SMILES string of the molecule is Cc1ccc2[nH]c(=S)n(C(C)c3ccco3)c2n1. The Morgan fingerprint density at radius 3 is 2.94 bits per heavy atom. The van der Waals surface area contributed by atoms with Crippen molar-refractivity contribution in [3.63, 3.8) is 0 Å². The molecular weight excluding hydrogens is 246 g/mol. The number of rotatable bonds is 2. The summed E-state index contributed by atoms with van der Waals surface area (Å²) >= 11 is 5.37. The van der Waals surface area contributed by atoms with Crippen molar-refractivity contribution in [2.45, 2.75) is 19.9 Å². The zero-order chi connectivity index (χ0) is 12.7. The van der Waals surface area contributed by atoms with E-state index in [0.29, 0.717) is 4.77 Å². The van der Waals surface area contributed by atoms with Crippen molar-refractivity contribution in [1.82, 2.24) is 14.5 Å². The van der Waals surface area contributed by atoms with Crippen LogP contribution in [0, 0.1) is 11.7 Å². The Morgan fingerprint density at radius 1 is 1.39 bits per heavy atom. The number of hydrogen-bond acceptors (Lipinski definition) is 3. The lowest BCUT2D eigenvalue weighted by Gasteiger charge is -2.11. The third-order valence-electron chi connectivity index (χ3n) is 3.05. The van der Waals surface area contributed by atoms with Crippen LogP contribution in [0.3, 0.4) is 0 Å². The number of nitrogens with zero attached hydrogens (tertiary/aromatic N) is 2. The Kier molecular flexibility index (Phi) is 2.56. The molecule has 0 bridgehead atoms. The van der Waals surface area contributed by atoms with E-state index in [2.05, 4.69) is 9.97 Å². The average molecular weight is 259 g/mol. The van der Waals surface area contributed by atoms with Crippen LogP contribution in [0.2, 0.25) is 0 Å². The number of aromatic amines is 1. The van der Waals surface area contributed by atoms with E-state index in [9.17, 15) is 0 Å². The molecule has 0 spiro atoms. The summed E-state index contributed by atoms with van der Waals surface area (Å²) in [5, 5.41) is 0. The average Bonchev–Trinajstić information content (AvgIpc) is 2.94. The number of hydrogen-bond donors (Lipinski definition) is 1. The van der Waals surface area contributed by atoms with E-state index in [4.69, 9.17) is 16.6 Å². The maximum absolute atomic E-state index is 5.44. The van der Waals surface area contributed by atoms with Crippen molar-refractivity contribution < 1.29 is 4.42 Å². The Hall–Kier alpha value is -1.88. The predicted molar refractivity (Wildman–Crippen MR) is 72.2 cm³/mol. The standard InChI is InChI=1S/C13H13N3OS/c1-8-5-6-10-12(14-8)16(13(18)15-10)9(2)11-4-3-7-17-11/h3-7,9H,1-2H3,(H,15,18). The van der Waals surface area contributed by atoms with E-state index in [1.54, 1.807) is 6.26 Å². The summed E-state index contributed by atoms with van der Waals surface area (Å²) in [6.45, 7) is 4.02. The fourth-order valence-electron chi connectivity index (χ4n) is 2.11. The molecule has 0 amide bonds. The number of nitrogens with one attached hydrogen (secondary N) is 1. The minimum absolute atomic E-state index is 0.0237. The molecule has 0 aromatic carbocycles. The van der Waals surface area contributed by atoms with Crippen molar-refractivity contribution in [1.29, 1.82) is 0 Å². The molecule has 0 fully saturated rings. The minimum atomic E-state index is 0.0237. The Labute approximate surface area is 109 Å². The van der Waals surface area contributed by atoms with Crippen LogP contribution in [0.15, 0.2) is 34.9 Å². The summed E-state index contributed by atoms with van der Waals surface area (Å²) in [4.78, 5) is 7.72. The van der Waals surface area contributed by atoms with Gasteiger partial charge >= 0.3 is 0 Å². The zero-order valence-corrected chi connectivity index (χ0v) is 11.0. The number of furan rings is 1. The molecule has 0 aliphatic rings. The van der Waals surface area contributed by atoms with Crippen LogP contribution in [-0.2, 0) is 0 Å². The molecule has 5 heteroatoms. The summed E-state index contributed by atoms with van der Waals surface area (Å²) in [7, 11) is 0. The fraction of sp³-hybridized carbons (Fsp3) is 0.231. The fourth-order valence-corrected chi connectivity index (χ4v) is 2.47. The van der Waals surface area contributed by atoms with Crippen LogP contribution in [-0.4, -0.2) is 14.5 Å². The van der Waals surface area contributed by atoms with Crippen LogP contribution < -0.4 is 0 Å². The van der Waals surface area contributed by atoms with Crippen molar-refractivity contribution >= 4 is 23.4 Å². The van der Waals surface area contributed by atoms with E-state index >= 15 is 0 Å². The molecule has 3 heterocycles. The van der Waals surface area contributed by atoms with Gasteiger partial charge in [0.05, 0.1) is 17.8 Å². The van der Waals surface area contributed by atoms with Gasteiger partial charge in [0.25, 0.3) is 0 Å². The smallest absolute Gasteiger partial charge is 0.179 e. The highest BCUT2D eigenvalue weighted by Crippen LogP contribution is 2.23. The van der Waals surface area contributed by atoms with Gasteiger partial charge in [-0.05, 0) is 50.3 Å². The lowest BCUT2D eigenvalue weighted by atomic mass is 10.2. The van der Waals surface area contributed by atoms with Gasteiger partial charge in [-0.25, -0.2) is 4.98 Å². The molecule has 1 N–H and O–H groups in total. The van der Waals surface area contributed by atoms with Gasteiger partial charge in [0, 0.05) is 5.69 Å². The summed E-state index contributed by atoms with van der Waals surface area (Å²) < 4.78 is 8.09. The van der Waals surface area contributed by atoms with E-state index in [1.165, 1.54) is 0 Å². The van der Waals surface area contributed by atoms with Gasteiger partial charge in [0.1, 0.15) is 5.76 Å². The molecule has 0 saturated carbocycles. The topological polar surface area (TPSA) is 46.8 Å². The highest BCUT2D eigenvalue weighted by Gasteiger charge is 2.16. The maximum atomic E-state index is 5.44. The molecule has 92 valence electrons. The first kappa shape index (κ1) is 11.2. The van der Waals surface area contributed by atoms with E-state index in [1.807, 2.05) is 42.7 Å². The maximum Gasteiger partial charge on any atom is 0.179 e. The molecule has 1 unspecified atom stereocenters. The van der Waals surface area contributed by atoms with Gasteiger partial charge in [-0.2, -0.15) is 0 Å². The zero-order valence-electron chi connectivity index (χ0n) is 10.2. The molecule has 1 atom stereocenters. The monoisotopic (exact) mass is 259 g/mol. The number of fused-ring (bicyclic) bond motifs is 1. The molecule has 3 aromatic heterocycles. The van der Waals surface area contributed by atoms with Gasteiger partial charge in [-0.1, -0.05) is 0 Å². The van der Waals surface area contributed by atoms with E-state index < -0.39 is 0 Å². The Balaban J connectivity index is 2.25. The number of pyridine rings is 1. The normalized spacial score (nSPS) is 13.0. The molecule has 4 nitrogen and oxygen atoms in total. The molecule has 0 radical (unpaired) electrons. The van der Waals surface area contributed by atoms with Gasteiger partial charge in [0.15, 0.2) is 10.4 Å². The Bertz CT molecular complexity index is 739. The van der Waals surface area contributed by atoms with E-state index in [0.717, 1.165) is 22.6 Å². The summed E-state index contributed by atoms with van der Waals surface area (Å²) in [5.74, 6) is 0.871. The van der Waals surface area contributed by atoms with Gasteiger partial charge in [-0.3, -0.25) is 4.57 Å².